The molecule has 1 aromatic heterocycles. The number of aryl methyl sites for hydroxylation is 2. The van der Waals surface area contributed by atoms with E-state index in [9.17, 15) is 4.79 Å². The van der Waals surface area contributed by atoms with Crippen molar-refractivity contribution in [3.05, 3.63) is 100 Å². The summed E-state index contributed by atoms with van der Waals surface area (Å²) >= 11 is 1.49. The van der Waals surface area contributed by atoms with E-state index < -0.39 is 5.92 Å². The van der Waals surface area contributed by atoms with Gasteiger partial charge in [0.25, 0.3) is 0 Å². The van der Waals surface area contributed by atoms with Gasteiger partial charge in [-0.2, -0.15) is 0 Å². The molecule has 0 bridgehead atoms. The Hall–Kier alpha value is -3.44. The molecule has 156 valence electrons. The number of nitrogens with one attached hydrogen (secondary N) is 1. The van der Waals surface area contributed by atoms with E-state index in [-0.39, 0.29) is 5.91 Å². The van der Waals surface area contributed by atoms with Gasteiger partial charge in [0, 0.05) is 10.4 Å². The van der Waals surface area contributed by atoms with Crippen LogP contribution >= 0.6 is 11.3 Å². The molecular formula is C26H24N2O2S. The summed E-state index contributed by atoms with van der Waals surface area (Å²) in [6.45, 7) is 4.03. The first-order chi connectivity index (χ1) is 15.1. The van der Waals surface area contributed by atoms with Crippen molar-refractivity contribution in [3.8, 4) is 17.0 Å². The summed E-state index contributed by atoms with van der Waals surface area (Å²) in [7, 11) is 1.67. The Morgan fingerprint density at radius 2 is 1.55 bits per heavy atom. The number of nitrogens with zero attached hydrogens (tertiary/aromatic N) is 1. The van der Waals surface area contributed by atoms with E-state index in [1.54, 1.807) is 7.11 Å². The molecule has 4 rings (SSSR count). The Morgan fingerprint density at radius 1 is 0.935 bits per heavy atom. The molecule has 0 aliphatic rings. The highest BCUT2D eigenvalue weighted by Gasteiger charge is 2.24. The number of methoxy groups -OCH3 is 1. The number of anilines is 1. The fourth-order valence-corrected chi connectivity index (χ4v) is 4.55. The first-order valence-electron chi connectivity index (χ1n) is 10.1. The average molecular weight is 429 g/mol. The van der Waals surface area contributed by atoms with Crippen molar-refractivity contribution in [1.82, 2.24) is 4.98 Å². The molecule has 0 saturated carbocycles. The summed E-state index contributed by atoms with van der Waals surface area (Å²) in [6.07, 6.45) is 0. The van der Waals surface area contributed by atoms with Gasteiger partial charge in [-0.15, -0.1) is 11.3 Å². The van der Waals surface area contributed by atoms with Crippen molar-refractivity contribution in [2.24, 2.45) is 0 Å². The second-order valence-electron chi connectivity index (χ2n) is 7.35. The number of benzene rings is 3. The molecule has 0 aliphatic carbocycles. The van der Waals surface area contributed by atoms with Crippen LogP contribution in [0.5, 0.6) is 5.75 Å². The van der Waals surface area contributed by atoms with Crippen LogP contribution in [0.2, 0.25) is 0 Å². The minimum atomic E-state index is -0.404. The van der Waals surface area contributed by atoms with Gasteiger partial charge in [-0.25, -0.2) is 4.98 Å². The number of carbonyl (C=O) groups excluding carboxylic acids is 1. The van der Waals surface area contributed by atoms with E-state index in [2.05, 4.69) is 11.4 Å². The third kappa shape index (κ3) is 4.52. The number of hydrogen-bond donors (Lipinski definition) is 1. The second kappa shape index (κ2) is 9.14. The molecule has 0 radical (unpaired) electrons. The maximum Gasteiger partial charge on any atom is 0.238 e. The van der Waals surface area contributed by atoms with Gasteiger partial charge in [-0.1, -0.05) is 60.7 Å². The van der Waals surface area contributed by atoms with Crippen LogP contribution in [0.15, 0.2) is 78.9 Å². The molecule has 4 nitrogen and oxygen atoms in total. The van der Waals surface area contributed by atoms with Crippen LogP contribution in [0.4, 0.5) is 5.13 Å². The lowest BCUT2D eigenvalue weighted by atomic mass is 9.90. The molecule has 1 N–H and O–H groups in total. The number of rotatable bonds is 6. The predicted octanol–water partition coefficient (Wildman–Crippen LogP) is 6.21. The van der Waals surface area contributed by atoms with Crippen LogP contribution in [-0.4, -0.2) is 18.0 Å². The van der Waals surface area contributed by atoms with Crippen LogP contribution in [0.1, 0.15) is 27.5 Å². The van der Waals surface area contributed by atoms with Crippen molar-refractivity contribution in [2.75, 3.05) is 12.4 Å². The summed E-state index contributed by atoms with van der Waals surface area (Å²) in [5.74, 6) is 0.348. The summed E-state index contributed by atoms with van der Waals surface area (Å²) in [6, 6.07) is 25.7. The molecule has 0 atom stereocenters. The van der Waals surface area contributed by atoms with Crippen molar-refractivity contribution >= 4 is 22.4 Å². The molecule has 4 aromatic rings. The third-order valence-electron chi connectivity index (χ3n) is 5.22. The minimum absolute atomic E-state index is 0.0939. The Labute approximate surface area is 186 Å². The lowest BCUT2D eigenvalue weighted by molar-refractivity contribution is -0.116. The van der Waals surface area contributed by atoms with Crippen LogP contribution in [0, 0.1) is 13.8 Å². The number of amides is 1. The van der Waals surface area contributed by atoms with Crippen LogP contribution < -0.4 is 10.1 Å². The van der Waals surface area contributed by atoms with Crippen LogP contribution in [0.25, 0.3) is 11.3 Å². The van der Waals surface area contributed by atoms with Crippen molar-refractivity contribution in [3.63, 3.8) is 0 Å². The van der Waals surface area contributed by atoms with Gasteiger partial charge < -0.3 is 10.1 Å². The van der Waals surface area contributed by atoms with Gasteiger partial charge in [-0.3, -0.25) is 4.79 Å². The van der Waals surface area contributed by atoms with Gasteiger partial charge in [-0.05, 0) is 48.7 Å². The maximum absolute atomic E-state index is 13.3. The molecule has 0 spiro atoms. The van der Waals surface area contributed by atoms with Gasteiger partial charge in [0.2, 0.25) is 5.91 Å². The highest BCUT2D eigenvalue weighted by Crippen LogP contribution is 2.34. The maximum atomic E-state index is 13.3. The zero-order chi connectivity index (χ0) is 21.8. The monoisotopic (exact) mass is 428 g/mol. The standard InChI is InChI=1S/C26H24N2O2S/c1-17-16-21(14-15-22(17)30-3)24-18(2)31-26(27-24)28-25(29)23(19-10-6-4-7-11-19)20-12-8-5-9-13-20/h4-16,23H,1-3H3,(H,27,28,29). The Morgan fingerprint density at radius 3 is 2.10 bits per heavy atom. The topological polar surface area (TPSA) is 51.2 Å². The molecule has 1 heterocycles. The van der Waals surface area contributed by atoms with E-state index >= 15 is 0 Å². The zero-order valence-corrected chi connectivity index (χ0v) is 18.6. The molecule has 3 aromatic carbocycles. The number of carbonyl (C=O) groups is 1. The van der Waals surface area contributed by atoms with Gasteiger partial charge >= 0.3 is 0 Å². The Bertz CT molecular complexity index is 1150. The Kier molecular flexibility index (Phi) is 6.14. The molecule has 0 unspecified atom stereocenters. The van der Waals surface area contributed by atoms with Crippen LogP contribution in [-0.2, 0) is 4.79 Å². The van der Waals surface area contributed by atoms with E-state index in [1.807, 2.05) is 86.6 Å². The van der Waals surface area contributed by atoms with Gasteiger partial charge in [0.05, 0.1) is 18.7 Å². The quantitative estimate of drug-likeness (QED) is 0.397. The molecule has 31 heavy (non-hydrogen) atoms. The number of thiazole rings is 1. The smallest absolute Gasteiger partial charge is 0.238 e. The van der Waals surface area contributed by atoms with E-state index in [0.717, 1.165) is 38.6 Å². The second-order valence-corrected chi connectivity index (χ2v) is 8.56. The van der Waals surface area contributed by atoms with Gasteiger partial charge in [0.1, 0.15) is 5.75 Å². The summed E-state index contributed by atoms with van der Waals surface area (Å²) in [5.41, 5.74) is 4.83. The number of aromatic nitrogens is 1. The molecule has 0 aliphatic heterocycles. The number of hydrogen-bond acceptors (Lipinski definition) is 4. The Balaban J connectivity index is 1.63. The molecule has 1 amide bonds. The zero-order valence-electron chi connectivity index (χ0n) is 17.8. The summed E-state index contributed by atoms with van der Waals surface area (Å²) in [4.78, 5) is 19.1. The van der Waals surface area contributed by atoms with E-state index in [1.165, 1.54) is 11.3 Å². The minimum Gasteiger partial charge on any atom is -0.496 e. The van der Waals surface area contributed by atoms with Crippen molar-refractivity contribution in [2.45, 2.75) is 19.8 Å². The molecule has 0 fully saturated rings. The third-order valence-corrected chi connectivity index (χ3v) is 6.11. The summed E-state index contributed by atoms with van der Waals surface area (Å²) < 4.78 is 5.36. The fraction of sp³-hybridized carbons (Fsp3) is 0.154. The molecule has 0 saturated heterocycles. The highest BCUT2D eigenvalue weighted by atomic mass is 32.1. The average Bonchev–Trinajstić information content (AvgIpc) is 3.15. The highest BCUT2D eigenvalue weighted by molar-refractivity contribution is 7.16. The first kappa shape index (κ1) is 20.8. The lowest BCUT2D eigenvalue weighted by Crippen LogP contribution is -2.22. The van der Waals surface area contributed by atoms with Crippen molar-refractivity contribution < 1.29 is 9.53 Å². The van der Waals surface area contributed by atoms with E-state index in [0.29, 0.717) is 5.13 Å². The van der Waals surface area contributed by atoms with Crippen LogP contribution in [0.3, 0.4) is 0 Å². The largest absolute Gasteiger partial charge is 0.496 e. The predicted molar refractivity (Wildman–Crippen MR) is 127 cm³/mol. The fourth-order valence-electron chi connectivity index (χ4n) is 3.71. The number of ether oxygens (including phenoxy) is 1. The summed E-state index contributed by atoms with van der Waals surface area (Å²) in [5, 5.41) is 3.65. The first-order valence-corrected chi connectivity index (χ1v) is 10.9. The van der Waals surface area contributed by atoms with E-state index in [4.69, 9.17) is 9.72 Å². The normalized spacial score (nSPS) is 10.8. The lowest BCUT2D eigenvalue weighted by Gasteiger charge is -2.17. The molecular weight excluding hydrogens is 404 g/mol. The van der Waals surface area contributed by atoms with Crippen molar-refractivity contribution in [1.29, 1.82) is 0 Å². The SMILES string of the molecule is COc1ccc(-c2nc(NC(=O)C(c3ccccc3)c3ccccc3)sc2C)cc1C. The molecule has 5 heteroatoms. The van der Waals surface area contributed by atoms with Gasteiger partial charge in [0.15, 0.2) is 5.13 Å².